The molecule has 3 aromatic heterocycles. The van der Waals surface area contributed by atoms with E-state index in [4.69, 9.17) is 4.98 Å². The van der Waals surface area contributed by atoms with Crippen LogP contribution in [0.3, 0.4) is 0 Å². The average Bonchev–Trinajstić information content (AvgIpc) is 2.92. The molecule has 0 radical (unpaired) electrons. The summed E-state index contributed by atoms with van der Waals surface area (Å²) in [5.74, 6) is 0.602. The first-order chi connectivity index (χ1) is 17.7. The molecule has 0 atom stereocenters. The van der Waals surface area contributed by atoms with Gasteiger partial charge in [0.15, 0.2) is 0 Å². The molecule has 0 amide bonds. The van der Waals surface area contributed by atoms with Crippen molar-refractivity contribution in [1.29, 1.82) is 0 Å². The molecular weight excluding hydrogens is 448 g/mol. The molecule has 0 spiro atoms. The number of para-hydroxylation sites is 1. The monoisotopic (exact) mass is 482 g/mol. The zero-order valence-corrected chi connectivity index (χ0v) is 21.0. The lowest BCUT2D eigenvalue weighted by Gasteiger charge is -2.21. The maximum absolute atomic E-state index is 12.4. The lowest BCUT2D eigenvalue weighted by molar-refractivity contribution is 0.661. The normalized spacial score (nSPS) is 12.9. The number of anilines is 2. The largest absolute Gasteiger partial charge is 0.384 e. The van der Waals surface area contributed by atoms with E-state index in [1.165, 1.54) is 35.2 Å². The van der Waals surface area contributed by atoms with Crippen LogP contribution < -0.4 is 16.2 Å². The van der Waals surface area contributed by atoms with Gasteiger partial charge < -0.3 is 10.6 Å². The number of unbranched alkanes of at least 4 members (excludes halogenated alkanes) is 3. The van der Waals surface area contributed by atoms with Crippen LogP contribution in [0.15, 0.2) is 59.7 Å². The first kappa shape index (κ1) is 24.0. The maximum atomic E-state index is 12.4. The Morgan fingerprint density at radius 2 is 1.64 bits per heavy atom. The quantitative estimate of drug-likeness (QED) is 0.296. The predicted molar refractivity (Wildman–Crippen MR) is 147 cm³/mol. The topological polar surface area (TPSA) is 84.7 Å². The van der Waals surface area contributed by atoms with Crippen molar-refractivity contribution < 1.29 is 0 Å². The molecule has 36 heavy (non-hydrogen) atoms. The fourth-order valence-corrected chi connectivity index (χ4v) is 4.96. The highest BCUT2D eigenvalue weighted by Crippen LogP contribution is 2.33. The van der Waals surface area contributed by atoms with E-state index >= 15 is 0 Å². The van der Waals surface area contributed by atoms with Crippen molar-refractivity contribution in [3.05, 3.63) is 76.5 Å². The van der Waals surface area contributed by atoms with E-state index in [1.54, 1.807) is 30.1 Å². The third-order valence-electron chi connectivity index (χ3n) is 6.97. The van der Waals surface area contributed by atoms with Gasteiger partial charge in [0.2, 0.25) is 5.95 Å². The molecule has 1 aliphatic carbocycles. The zero-order chi connectivity index (χ0) is 24.7. The third kappa shape index (κ3) is 5.40. The first-order valence-electron chi connectivity index (χ1n) is 13.1. The molecule has 7 heteroatoms. The first-order valence-corrected chi connectivity index (χ1v) is 13.1. The summed E-state index contributed by atoms with van der Waals surface area (Å²) in [6, 6.07) is 13.8. The molecule has 1 aromatic carbocycles. The molecule has 3 heterocycles. The molecule has 7 nitrogen and oxygen atoms in total. The Hall–Kier alpha value is -3.74. The van der Waals surface area contributed by atoms with E-state index < -0.39 is 0 Å². The second-order valence-electron chi connectivity index (χ2n) is 9.50. The second kappa shape index (κ2) is 11.3. The van der Waals surface area contributed by atoms with Gasteiger partial charge in [0.25, 0.3) is 5.56 Å². The number of aromatic nitrogens is 4. The van der Waals surface area contributed by atoms with E-state index in [9.17, 15) is 4.79 Å². The van der Waals surface area contributed by atoms with E-state index in [2.05, 4.69) is 44.9 Å². The number of rotatable bonds is 10. The predicted octanol–water partition coefficient (Wildman–Crippen LogP) is 5.35. The van der Waals surface area contributed by atoms with Crippen molar-refractivity contribution in [2.24, 2.45) is 7.05 Å². The van der Waals surface area contributed by atoms with Gasteiger partial charge in [-0.3, -0.25) is 19.3 Å². The molecule has 0 unspecified atom stereocenters. The summed E-state index contributed by atoms with van der Waals surface area (Å²) in [5, 5.41) is 8.35. The van der Waals surface area contributed by atoms with E-state index in [0.717, 1.165) is 62.7 Å². The van der Waals surface area contributed by atoms with Crippen molar-refractivity contribution in [2.75, 3.05) is 23.7 Å². The average molecular weight is 483 g/mol. The van der Waals surface area contributed by atoms with Crippen LogP contribution >= 0.6 is 0 Å². The summed E-state index contributed by atoms with van der Waals surface area (Å²) in [7, 11) is 1.75. The fourth-order valence-electron chi connectivity index (χ4n) is 4.96. The van der Waals surface area contributed by atoms with Gasteiger partial charge in [-0.2, -0.15) is 0 Å². The van der Waals surface area contributed by atoms with Crippen molar-refractivity contribution in [3.63, 3.8) is 0 Å². The highest BCUT2D eigenvalue weighted by molar-refractivity contribution is 5.93. The Kier molecular flexibility index (Phi) is 7.55. The maximum Gasteiger partial charge on any atom is 0.255 e. The van der Waals surface area contributed by atoms with Crippen molar-refractivity contribution in [2.45, 2.75) is 51.4 Å². The number of hydrogen-bond acceptors (Lipinski definition) is 6. The molecule has 0 bridgehead atoms. The van der Waals surface area contributed by atoms with Crippen LogP contribution in [0.25, 0.3) is 22.2 Å². The molecule has 5 rings (SSSR count). The number of hydrogen-bond donors (Lipinski definition) is 2. The van der Waals surface area contributed by atoms with Gasteiger partial charge in [-0.15, -0.1) is 0 Å². The number of aryl methyl sites for hydroxylation is 1. The zero-order valence-electron chi connectivity index (χ0n) is 21.0. The Labute approximate surface area is 212 Å². The summed E-state index contributed by atoms with van der Waals surface area (Å²) in [6.45, 7) is 1.76. The second-order valence-corrected chi connectivity index (χ2v) is 9.50. The fraction of sp³-hybridized carbons (Fsp3) is 0.379. The van der Waals surface area contributed by atoms with Gasteiger partial charge in [-0.25, -0.2) is 4.98 Å². The molecular formula is C29H34N6O. The Balaban J connectivity index is 1.10. The van der Waals surface area contributed by atoms with Crippen LogP contribution in [0.5, 0.6) is 0 Å². The molecule has 0 fully saturated rings. The molecule has 1 aliphatic rings. The Morgan fingerprint density at radius 1 is 0.889 bits per heavy atom. The lowest BCUT2D eigenvalue weighted by atomic mass is 9.92. The Bertz CT molecular complexity index is 1380. The molecule has 0 saturated heterocycles. The van der Waals surface area contributed by atoms with Crippen molar-refractivity contribution in [3.8, 4) is 11.3 Å². The van der Waals surface area contributed by atoms with Crippen LogP contribution in [0.2, 0.25) is 0 Å². The van der Waals surface area contributed by atoms with Gasteiger partial charge in [0.05, 0.1) is 11.2 Å². The summed E-state index contributed by atoms with van der Waals surface area (Å²) in [5.41, 5.74) is 6.60. The van der Waals surface area contributed by atoms with Crippen LogP contribution in [0.4, 0.5) is 11.6 Å². The van der Waals surface area contributed by atoms with Gasteiger partial charge in [0, 0.05) is 60.9 Å². The van der Waals surface area contributed by atoms with Gasteiger partial charge in [-0.1, -0.05) is 31.0 Å². The molecule has 4 aromatic rings. The summed E-state index contributed by atoms with van der Waals surface area (Å²) in [6.07, 6.45) is 12.6. The number of pyridine rings is 2. The molecule has 0 aliphatic heterocycles. The lowest BCUT2D eigenvalue weighted by Crippen LogP contribution is -2.22. The standard InChI is InChI=1S/C29H34N6O/c1-35-27(36)20-26(21-14-18-30-19-15-21)34-29(35)32-17-9-3-2-8-16-31-28-22-10-4-6-12-24(22)33-25-13-7-5-11-23(25)28/h4,6,10,12,14-15,18-20H,2-3,5,7-9,11,13,16-17H2,1H3,(H,31,33)(H,32,34). The highest BCUT2D eigenvalue weighted by atomic mass is 16.1. The smallest absolute Gasteiger partial charge is 0.255 e. The minimum atomic E-state index is -0.0730. The number of nitrogens with zero attached hydrogens (tertiary/aromatic N) is 4. The number of benzene rings is 1. The molecule has 0 saturated carbocycles. The summed E-state index contributed by atoms with van der Waals surface area (Å²) in [4.78, 5) is 26.0. The van der Waals surface area contributed by atoms with E-state index in [0.29, 0.717) is 11.6 Å². The van der Waals surface area contributed by atoms with E-state index in [-0.39, 0.29) is 5.56 Å². The van der Waals surface area contributed by atoms with Gasteiger partial charge >= 0.3 is 0 Å². The highest BCUT2D eigenvalue weighted by Gasteiger charge is 2.17. The number of nitrogens with one attached hydrogen (secondary N) is 2. The van der Waals surface area contributed by atoms with Gasteiger partial charge in [-0.05, 0) is 62.3 Å². The third-order valence-corrected chi connectivity index (χ3v) is 6.97. The van der Waals surface area contributed by atoms with Crippen molar-refractivity contribution >= 4 is 22.5 Å². The van der Waals surface area contributed by atoms with Crippen LogP contribution in [0.1, 0.15) is 49.8 Å². The molecule has 2 N–H and O–H groups in total. The van der Waals surface area contributed by atoms with Crippen LogP contribution in [-0.2, 0) is 19.9 Å². The minimum absolute atomic E-state index is 0.0730. The minimum Gasteiger partial charge on any atom is -0.384 e. The molecule has 186 valence electrons. The van der Waals surface area contributed by atoms with Crippen LogP contribution in [0, 0.1) is 0 Å². The number of fused-ring (bicyclic) bond motifs is 2. The van der Waals surface area contributed by atoms with Crippen LogP contribution in [-0.4, -0.2) is 32.6 Å². The summed E-state index contributed by atoms with van der Waals surface area (Å²) >= 11 is 0. The van der Waals surface area contributed by atoms with E-state index in [1.807, 2.05) is 12.1 Å². The summed E-state index contributed by atoms with van der Waals surface area (Å²) < 4.78 is 1.56. The Morgan fingerprint density at radius 3 is 2.47 bits per heavy atom. The van der Waals surface area contributed by atoms with Crippen molar-refractivity contribution in [1.82, 2.24) is 19.5 Å². The van der Waals surface area contributed by atoms with Gasteiger partial charge in [0.1, 0.15) is 0 Å². The SMILES string of the molecule is Cn1c(NCCCCCCNc2c3c(nc4ccccc24)CCCC3)nc(-c2ccncc2)cc1=O.